The van der Waals surface area contributed by atoms with Gasteiger partial charge >= 0.3 is 0 Å². The molecule has 0 amide bonds. The number of benzene rings is 1. The van der Waals surface area contributed by atoms with Gasteiger partial charge in [0.05, 0.1) is 0 Å². The van der Waals surface area contributed by atoms with Crippen LogP contribution >= 0.6 is 0 Å². The molecule has 0 atom stereocenters. The van der Waals surface area contributed by atoms with Gasteiger partial charge in [0.2, 0.25) is 0 Å². The largest absolute Gasteiger partial charge is 0.398 e. The topological polar surface area (TPSA) is 86.2 Å². The number of anilines is 1. The fourth-order valence-corrected chi connectivity index (χ4v) is 1.04. The van der Waals surface area contributed by atoms with Gasteiger partial charge in [-0.1, -0.05) is 32.0 Å². The molecule has 0 aromatic heterocycles. The van der Waals surface area contributed by atoms with Gasteiger partial charge in [-0.3, -0.25) is 0 Å². The first kappa shape index (κ1) is 12.9. The van der Waals surface area contributed by atoms with E-state index in [1.807, 2.05) is 18.2 Å². The maximum absolute atomic E-state index is 8.81. The lowest BCUT2D eigenvalue weighted by Gasteiger charge is -2.07. The van der Waals surface area contributed by atoms with Gasteiger partial charge in [0, 0.05) is 5.69 Å². The number of rotatable bonds is 1. The second-order valence-electron chi connectivity index (χ2n) is 3.07. The molecule has 14 heavy (non-hydrogen) atoms. The molecule has 0 bridgehead atoms. The molecule has 4 nitrogen and oxygen atoms in total. The summed E-state index contributed by atoms with van der Waals surface area (Å²) >= 11 is 0. The van der Waals surface area contributed by atoms with Gasteiger partial charge in [-0.2, -0.15) is 0 Å². The summed E-state index contributed by atoms with van der Waals surface area (Å²) in [6.45, 7) is 4.29. The monoisotopic (exact) mass is 216 g/mol. The van der Waals surface area contributed by atoms with Crippen LogP contribution in [0.3, 0.4) is 0 Å². The molecule has 4 N–H and O–H groups in total. The lowest BCUT2D eigenvalue weighted by atomic mass is 10.0. The number of para-hydroxylation sites is 1. The minimum Gasteiger partial charge on any atom is -0.398 e. The van der Waals surface area contributed by atoms with E-state index in [0.29, 0.717) is 5.92 Å². The standard InChI is InChI=1S/C9H13N.H3NO2S/c1-7(2)8-5-3-4-6-9(8)10;1-4(2)3/h3-7H,10H2,1-2H3;4H,(H2,1,2,3). The highest BCUT2D eigenvalue weighted by atomic mass is 32.2. The minimum atomic E-state index is -2.62. The maximum atomic E-state index is 8.81. The van der Waals surface area contributed by atoms with Gasteiger partial charge in [-0.25, -0.2) is 13.6 Å². The third-order valence-electron chi connectivity index (χ3n) is 1.62. The van der Waals surface area contributed by atoms with Crippen molar-refractivity contribution in [1.29, 1.82) is 0 Å². The highest BCUT2D eigenvalue weighted by Gasteiger charge is 2.00. The van der Waals surface area contributed by atoms with E-state index in [1.54, 1.807) is 0 Å². The number of hydrogen-bond acceptors (Lipinski definition) is 3. The Labute approximate surface area is 86.0 Å². The minimum absolute atomic E-state index is 0.529. The van der Waals surface area contributed by atoms with Crippen LogP contribution in [0, 0.1) is 0 Å². The molecule has 0 aliphatic rings. The Morgan fingerprint density at radius 2 is 1.64 bits per heavy atom. The second kappa shape index (κ2) is 6.39. The molecule has 1 aromatic carbocycles. The van der Waals surface area contributed by atoms with Crippen LogP contribution in [0.4, 0.5) is 5.69 Å². The Balaban J connectivity index is 0.000000364. The first-order valence-corrected chi connectivity index (χ1v) is 5.43. The zero-order valence-electron chi connectivity index (χ0n) is 8.31. The van der Waals surface area contributed by atoms with Crippen LogP contribution in [-0.4, -0.2) is 8.42 Å². The molecule has 1 aromatic rings. The van der Waals surface area contributed by atoms with Gasteiger partial charge < -0.3 is 5.73 Å². The van der Waals surface area contributed by atoms with E-state index in [9.17, 15) is 0 Å². The Morgan fingerprint density at radius 1 is 1.21 bits per heavy atom. The predicted octanol–water partition coefficient (Wildman–Crippen LogP) is 0.864. The van der Waals surface area contributed by atoms with E-state index in [-0.39, 0.29) is 0 Å². The van der Waals surface area contributed by atoms with Crippen LogP contribution in [0.1, 0.15) is 25.3 Å². The first-order chi connectivity index (χ1) is 6.45. The fraction of sp³-hybridized carbons (Fsp3) is 0.333. The molecule has 0 spiro atoms. The predicted molar refractivity (Wildman–Crippen MR) is 59.4 cm³/mol. The summed E-state index contributed by atoms with van der Waals surface area (Å²) in [6, 6.07) is 7.99. The molecule has 0 saturated heterocycles. The third-order valence-corrected chi connectivity index (χ3v) is 1.62. The van der Waals surface area contributed by atoms with E-state index < -0.39 is 10.9 Å². The fourth-order valence-electron chi connectivity index (χ4n) is 1.04. The van der Waals surface area contributed by atoms with Crippen molar-refractivity contribution in [2.45, 2.75) is 19.8 Å². The summed E-state index contributed by atoms with van der Waals surface area (Å²) in [5.41, 5.74) is 7.86. The molecule has 1 rings (SSSR count). The Kier molecular flexibility index (Phi) is 5.91. The molecule has 0 aliphatic carbocycles. The van der Waals surface area contributed by atoms with Crippen molar-refractivity contribution < 1.29 is 8.42 Å². The average molecular weight is 216 g/mol. The quantitative estimate of drug-likeness (QED) is 0.481. The zero-order chi connectivity index (χ0) is 11.1. The molecular weight excluding hydrogens is 200 g/mol. The Hall–Kier alpha value is -1.07. The van der Waals surface area contributed by atoms with E-state index in [4.69, 9.17) is 14.2 Å². The summed E-state index contributed by atoms with van der Waals surface area (Å²) < 4.78 is 17.6. The van der Waals surface area contributed by atoms with E-state index in [2.05, 4.69) is 25.1 Å². The van der Waals surface area contributed by atoms with Crippen LogP contribution in [0.15, 0.2) is 24.3 Å². The van der Waals surface area contributed by atoms with Gasteiger partial charge in [0.1, 0.15) is 0 Å². The van der Waals surface area contributed by atoms with Gasteiger partial charge in [0.15, 0.2) is 10.9 Å². The Bertz CT molecular complexity index is 340. The van der Waals surface area contributed by atoms with Crippen LogP contribution in [0.5, 0.6) is 0 Å². The van der Waals surface area contributed by atoms with Crippen molar-refractivity contribution >= 4 is 16.6 Å². The number of thiol groups is 1. The van der Waals surface area contributed by atoms with Gasteiger partial charge in [-0.05, 0) is 17.5 Å². The molecule has 0 fully saturated rings. The number of nitrogen functional groups attached to an aromatic ring is 1. The van der Waals surface area contributed by atoms with E-state index in [0.717, 1.165) is 5.69 Å². The second-order valence-corrected chi connectivity index (χ2v) is 3.64. The van der Waals surface area contributed by atoms with Gasteiger partial charge in [0.25, 0.3) is 0 Å². The van der Waals surface area contributed by atoms with Crippen LogP contribution in [-0.2, 0) is 10.9 Å². The number of nitrogens with two attached hydrogens (primary N) is 2. The SMILES string of the molecule is CC(C)c1ccccc1N.N[SH](=O)=O. The molecular formula is C9H16N2O2S. The zero-order valence-corrected chi connectivity index (χ0v) is 9.20. The summed E-state index contributed by atoms with van der Waals surface area (Å²) in [5, 5.41) is 4.06. The van der Waals surface area contributed by atoms with E-state index in [1.165, 1.54) is 5.56 Å². The van der Waals surface area contributed by atoms with Crippen LogP contribution < -0.4 is 10.9 Å². The molecule has 80 valence electrons. The third kappa shape index (κ3) is 5.55. The molecule has 0 heterocycles. The Morgan fingerprint density at radius 3 is 1.93 bits per heavy atom. The van der Waals surface area contributed by atoms with Crippen molar-refractivity contribution in [3.05, 3.63) is 29.8 Å². The van der Waals surface area contributed by atoms with Crippen LogP contribution in [0.2, 0.25) is 0 Å². The van der Waals surface area contributed by atoms with Crippen molar-refractivity contribution in [3.63, 3.8) is 0 Å². The maximum Gasteiger partial charge on any atom is 0.198 e. The summed E-state index contributed by atoms with van der Waals surface area (Å²) in [4.78, 5) is 0. The van der Waals surface area contributed by atoms with Crippen LogP contribution in [0.25, 0.3) is 0 Å². The van der Waals surface area contributed by atoms with Crippen molar-refractivity contribution in [2.75, 3.05) is 5.73 Å². The van der Waals surface area contributed by atoms with E-state index >= 15 is 0 Å². The summed E-state index contributed by atoms with van der Waals surface area (Å²) in [5.74, 6) is 0.529. The van der Waals surface area contributed by atoms with Crippen molar-refractivity contribution in [3.8, 4) is 0 Å². The number of hydrogen-bond donors (Lipinski definition) is 3. The lowest BCUT2D eigenvalue weighted by Crippen LogP contribution is -1.94. The van der Waals surface area contributed by atoms with Crippen molar-refractivity contribution in [1.82, 2.24) is 0 Å². The smallest absolute Gasteiger partial charge is 0.198 e. The highest BCUT2D eigenvalue weighted by Crippen LogP contribution is 2.19. The summed E-state index contributed by atoms with van der Waals surface area (Å²) in [7, 11) is -2.62. The molecule has 0 unspecified atom stereocenters. The normalized spacial score (nSPS) is 9.79. The summed E-state index contributed by atoms with van der Waals surface area (Å²) in [6.07, 6.45) is 0. The van der Waals surface area contributed by atoms with Gasteiger partial charge in [-0.15, -0.1) is 0 Å². The average Bonchev–Trinajstić information content (AvgIpc) is 2.03. The molecule has 5 heteroatoms. The highest BCUT2D eigenvalue weighted by molar-refractivity contribution is 7.69. The first-order valence-electron chi connectivity index (χ1n) is 4.18. The molecule has 0 aliphatic heterocycles. The molecule has 0 radical (unpaired) electrons. The lowest BCUT2D eigenvalue weighted by molar-refractivity contribution is 0.616. The van der Waals surface area contributed by atoms with Crippen molar-refractivity contribution in [2.24, 2.45) is 5.14 Å². The molecule has 0 saturated carbocycles.